The summed E-state index contributed by atoms with van der Waals surface area (Å²) in [5.41, 5.74) is 1.93. The van der Waals surface area contributed by atoms with Gasteiger partial charge in [-0.3, -0.25) is 10.1 Å². The van der Waals surface area contributed by atoms with E-state index in [-0.39, 0.29) is 11.8 Å². The van der Waals surface area contributed by atoms with E-state index in [0.717, 1.165) is 11.1 Å². The highest BCUT2D eigenvalue weighted by Gasteiger charge is 2.14. The Morgan fingerprint density at radius 2 is 1.95 bits per heavy atom. The van der Waals surface area contributed by atoms with Crippen molar-refractivity contribution in [1.29, 1.82) is 0 Å². The summed E-state index contributed by atoms with van der Waals surface area (Å²) in [5, 5.41) is 10.1. The van der Waals surface area contributed by atoms with Crippen molar-refractivity contribution in [3.05, 3.63) is 54.0 Å². The third-order valence-corrected chi connectivity index (χ3v) is 2.69. The maximum atomic E-state index is 11.7. The van der Waals surface area contributed by atoms with Gasteiger partial charge in [-0.2, -0.15) is 0 Å². The molecule has 20 heavy (non-hydrogen) atoms. The van der Waals surface area contributed by atoms with Crippen LogP contribution in [0.4, 0.5) is 6.01 Å². The SMILES string of the molecule is Cc1ccc(-c2nnc(NC(=O)c3ccco3)o2)cc1. The fourth-order valence-corrected chi connectivity index (χ4v) is 1.65. The van der Waals surface area contributed by atoms with Gasteiger partial charge in [0.25, 0.3) is 5.91 Å². The van der Waals surface area contributed by atoms with Gasteiger partial charge in [0, 0.05) is 5.56 Å². The highest BCUT2D eigenvalue weighted by Crippen LogP contribution is 2.20. The number of amides is 1. The molecule has 2 aromatic heterocycles. The summed E-state index contributed by atoms with van der Waals surface area (Å²) in [4.78, 5) is 11.7. The Morgan fingerprint density at radius 3 is 2.65 bits per heavy atom. The Bertz CT molecular complexity index is 714. The van der Waals surface area contributed by atoms with E-state index in [1.54, 1.807) is 12.1 Å². The van der Waals surface area contributed by atoms with Crippen LogP contribution in [0.3, 0.4) is 0 Å². The number of furan rings is 1. The monoisotopic (exact) mass is 269 g/mol. The Hall–Kier alpha value is -2.89. The molecule has 1 aromatic carbocycles. The molecule has 3 aromatic rings. The molecule has 1 N–H and O–H groups in total. The first-order chi connectivity index (χ1) is 9.72. The van der Waals surface area contributed by atoms with E-state index >= 15 is 0 Å². The van der Waals surface area contributed by atoms with Gasteiger partial charge in [0.15, 0.2) is 5.76 Å². The zero-order chi connectivity index (χ0) is 13.9. The number of carbonyl (C=O) groups is 1. The van der Waals surface area contributed by atoms with Crippen molar-refractivity contribution in [3.63, 3.8) is 0 Å². The molecule has 1 amide bonds. The first-order valence-corrected chi connectivity index (χ1v) is 5.98. The van der Waals surface area contributed by atoms with Crippen LogP contribution in [0.15, 0.2) is 51.5 Å². The third kappa shape index (κ3) is 2.44. The van der Waals surface area contributed by atoms with Crippen LogP contribution in [-0.4, -0.2) is 16.1 Å². The van der Waals surface area contributed by atoms with Crippen molar-refractivity contribution in [3.8, 4) is 11.5 Å². The first kappa shape index (κ1) is 12.2. The van der Waals surface area contributed by atoms with Crippen LogP contribution < -0.4 is 5.32 Å². The van der Waals surface area contributed by atoms with Crippen molar-refractivity contribution in [2.24, 2.45) is 0 Å². The number of aromatic nitrogens is 2. The molecule has 0 atom stereocenters. The van der Waals surface area contributed by atoms with Gasteiger partial charge in [0.1, 0.15) is 0 Å². The van der Waals surface area contributed by atoms with Crippen LogP contribution in [-0.2, 0) is 0 Å². The van der Waals surface area contributed by atoms with Gasteiger partial charge in [-0.1, -0.05) is 22.8 Å². The van der Waals surface area contributed by atoms with Gasteiger partial charge < -0.3 is 8.83 Å². The summed E-state index contributed by atoms with van der Waals surface area (Å²) in [6.07, 6.45) is 1.42. The highest BCUT2D eigenvalue weighted by atomic mass is 16.4. The van der Waals surface area contributed by atoms with Crippen LogP contribution in [0.25, 0.3) is 11.5 Å². The molecule has 0 saturated heterocycles. The second-order valence-corrected chi connectivity index (χ2v) is 4.21. The van der Waals surface area contributed by atoms with Crippen LogP contribution in [0.5, 0.6) is 0 Å². The number of nitrogens with zero attached hydrogens (tertiary/aromatic N) is 2. The Morgan fingerprint density at radius 1 is 1.15 bits per heavy atom. The summed E-state index contributed by atoms with van der Waals surface area (Å²) in [5.74, 6) is 0.0916. The molecule has 0 spiro atoms. The van der Waals surface area contributed by atoms with Crippen molar-refractivity contribution in [1.82, 2.24) is 10.2 Å². The predicted octanol–water partition coefficient (Wildman–Crippen LogP) is 2.89. The Labute approximate surface area is 114 Å². The van der Waals surface area contributed by atoms with Crippen molar-refractivity contribution >= 4 is 11.9 Å². The number of aryl methyl sites for hydroxylation is 1. The minimum Gasteiger partial charge on any atom is -0.459 e. The minimum absolute atomic E-state index is 0.0296. The second-order valence-electron chi connectivity index (χ2n) is 4.21. The Kier molecular flexibility index (Phi) is 3.04. The maximum absolute atomic E-state index is 11.7. The second kappa shape index (κ2) is 5.00. The molecule has 100 valence electrons. The molecule has 2 heterocycles. The Balaban J connectivity index is 1.77. The predicted molar refractivity (Wildman–Crippen MR) is 71.1 cm³/mol. The zero-order valence-corrected chi connectivity index (χ0v) is 10.7. The molecule has 0 aliphatic carbocycles. The number of benzene rings is 1. The summed E-state index contributed by atoms with van der Waals surface area (Å²) >= 11 is 0. The number of nitrogens with one attached hydrogen (secondary N) is 1. The van der Waals surface area contributed by atoms with Gasteiger partial charge in [-0.25, -0.2) is 0 Å². The van der Waals surface area contributed by atoms with E-state index in [1.165, 1.54) is 6.26 Å². The van der Waals surface area contributed by atoms with Crippen LogP contribution >= 0.6 is 0 Å². The van der Waals surface area contributed by atoms with Crippen LogP contribution in [0.2, 0.25) is 0 Å². The minimum atomic E-state index is -0.436. The largest absolute Gasteiger partial charge is 0.459 e. The maximum Gasteiger partial charge on any atom is 0.322 e. The molecule has 0 saturated carbocycles. The van der Waals surface area contributed by atoms with E-state index in [4.69, 9.17) is 8.83 Å². The number of carbonyl (C=O) groups excluding carboxylic acids is 1. The van der Waals surface area contributed by atoms with E-state index in [0.29, 0.717) is 5.89 Å². The average molecular weight is 269 g/mol. The van der Waals surface area contributed by atoms with Crippen LogP contribution in [0, 0.1) is 6.92 Å². The van der Waals surface area contributed by atoms with Gasteiger partial charge in [-0.15, -0.1) is 5.10 Å². The molecule has 0 bridgehead atoms. The summed E-state index contributed by atoms with van der Waals surface area (Å²) in [7, 11) is 0. The van der Waals surface area contributed by atoms with Crippen LogP contribution in [0.1, 0.15) is 16.1 Å². The lowest BCUT2D eigenvalue weighted by Crippen LogP contribution is -2.10. The van der Waals surface area contributed by atoms with Crippen molar-refractivity contribution in [2.45, 2.75) is 6.92 Å². The lowest BCUT2D eigenvalue weighted by atomic mass is 10.1. The van der Waals surface area contributed by atoms with Gasteiger partial charge in [0.2, 0.25) is 5.89 Å². The summed E-state index contributed by atoms with van der Waals surface area (Å²) < 4.78 is 10.4. The first-order valence-electron chi connectivity index (χ1n) is 5.98. The molecule has 3 rings (SSSR count). The quantitative estimate of drug-likeness (QED) is 0.790. The van der Waals surface area contributed by atoms with E-state index in [9.17, 15) is 4.79 Å². The third-order valence-electron chi connectivity index (χ3n) is 2.69. The van der Waals surface area contributed by atoms with Gasteiger partial charge >= 0.3 is 6.01 Å². The molecule has 6 heteroatoms. The molecule has 0 aliphatic rings. The number of hydrogen-bond acceptors (Lipinski definition) is 5. The van der Waals surface area contributed by atoms with Gasteiger partial charge in [0.05, 0.1) is 6.26 Å². The smallest absolute Gasteiger partial charge is 0.322 e. The molecule has 0 fully saturated rings. The number of anilines is 1. The lowest BCUT2D eigenvalue weighted by Gasteiger charge is -1.96. The lowest BCUT2D eigenvalue weighted by molar-refractivity contribution is 0.0994. The number of rotatable bonds is 3. The fourth-order valence-electron chi connectivity index (χ4n) is 1.65. The molecule has 0 unspecified atom stereocenters. The fraction of sp³-hybridized carbons (Fsp3) is 0.0714. The van der Waals surface area contributed by atoms with Crippen molar-refractivity contribution < 1.29 is 13.6 Å². The van der Waals surface area contributed by atoms with Gasteiger partial charge in [-0.05, 0) is 31.2 Å². The van der Waals surface area contributed by atoms with E-state index in [1.807, 2.05) is 31.2 Å². The number of hydrogen-bond donors (Lipinski definition) is 1. The van der Waals surface area contributed by atoms with E-state index < -0.39 is 5.91 Å². The normalized spacial score (nSPS) is 10.4. The molecule has 6 nitrogen and oxygen atoms in total. The standard InChI is InChI=1S/C14H11N3O3/c1-9-4-6-10(7-5-9)13-16-17-14(20-13)15-12(18)11-3-2-8-19-11/h2-8H,1H3,(H,15,17,18). The summed E-state index contributed by atoms with van der Waals surface area (Å²) in [6, 6.07) is 10.8. The van der Waals surface area contributed by atoms with E-state index in [2.05, 4.69) is 15.5 Å². The average Bonchev–Trinajstić information content (AvgIpc) is 3.10. The molecular weight excluding hydrogens is 258 g/mol. The van der Waals surface area contributed by atoms with Crippen molar-refractivity contribution in [2.75, 3.05) is 5.32 Å². The molecular formula is C14H11N3O3. The zero-order valence-electron chi connectivity index (χ0n) is 10.7. The molecule has 0 radical (unpaired) electrons. The molecule has 0 aliphatic heterocycles. The highest BCUT2D eigenvalue weighted by molar-refractivity contribution is 6.00. The topological polar surface area (TPSA) is 81.2 Å². The summed E-state index contributed by atoms with van der Waals surface area (Å²) in [6.45, 7) is 1.99.